The van der Waals surface area contributed by atoms with E-state index in [1.165, 1.54) is 0 Å². The van der Waals surface area contributed by atoms with Crippen LogP contribution in [0.2, 0.25) is 0 Å². The maximum absolute atomic E-state index is 9.71. The van der Waals surface area contributed by atoms with Gasteiger partial charge < -0.3 is 10.2 Å². The predicted octanol–water partition coefficient (Wildman–Crippen LogP) is -1.57. The van der Waals surface area contributed by atoms with Gasteiger partial charge in [0.1, 0.15) is 6.10 Å². The van der Waals surface area contributed by atoms with Crippen molar-refractivity contribution in [3.63, 3.8) is 0 Å². The van der Waals surface area contributed by atoms with Crippen LogP contribution in [0.25, 0.3) is 0 Å². The van der Waals surface area contributed by atoms with Crippen molar-refractivity contribution in [1.29, 1.82) is 0 Å². The van der Waals surface area contributed by atoms with Crippen molar-refractivity contribution in [2.24, 2.45) is 0 Å². The molecule has 0 heterocycles. The molecule has 0 aliphatic carbocycles. The van der Waals surface area contributed by atoms with Gasteiger partial charge >= 0.3 is 5.97 Å². The van der Waals surface area contributed by atoms with E-state index >= 15 is 0 Å². The summed E-state index contributed by atoms with van der Waals surface area (Å²) in [6.45, 7) is 0.813. The van der Waals surface area contributed by atoms with Gasteiger partial charge in [-0.25, -0.2) is 9.68 Å². The highest BCUT2D eigenvalue weighted by Crippen LogP contribution is 2.14. The zero-order valence-corrected chi connectivity index (χ0v) is 6.32. The first-order chi connectivity index (χ1) is 5.78. The zero-order valence-electron chi connectivity index (χ0n) is 6.32. The SMILES string of the molecule is CC(O)C(O)(O[N+](=O)[O-])O[N+](=O)[O-]. The molecule has 0 saturated carbocycles. The van der Waals surface area contributed by atoms with E-state index in [-0.39, 0.29) is 0 Å². The molecule has 1 atom stereocenters. The average Bonchev–Trinajstić information content (AvgIpc) is 1.82. The lowest BCUT2D eigenvalue weighted by molar-refractivity contribution is -0.898. The quantitative estimate of drug-likeness (QED) is 0.306. The minimum Gasteiger partial charge on any atom is -0.386 e. The summed E-state index contributed by atoms with van der Waals surface area (Å²) in [5, 5.41) is 33.9. The summed E-state index contributed by atoms with van der Waals surface area (Å²) in [6, 6.07) is 0. The monoisotopic (exact) mass is 198 g/mol. The molecule has 0 rings (SSSR count). The number of hydrogen-bond acceptors (Lipinski definition) is 8. The molecular weight excluding hydrogens is 192 g/mol. The molecule has 0 aromatic heterocycles. The first kappa shape index (κ1) is 11.3. The summed E-state index contributed by atoms with van der Waals surface area (Å²) in [6.07, 6.45) is -1.97. The van der Waals surface area contributed by atoms with Gasteiger partial charge in [0.2, 0.25) is 0 Å². The zero-order chi connectivity index (χ0) is 10.6. The topological polar surface area (TPSA) is 145 Å². The van der Waals surface area contributed by atoms with Gasteiger partial charge in [0.15, 0.2) is 0 Å². The van der Waals surface area contributed by atoms with Gasteiger partial charge in [-0.05, 0) is 6.92 Å². The van der Waals surface area contributed by atoms with Gasteiger partial charge in [-0.15, -0.1) is 20.2 Å². The maximum Gasteiger partial charge on any atom is 0.389 e. The summed E-state index contributed by atoms with van der Waals surface area (Å²) < 4.78 is 0. The molecule has 0 aliphatic heterocycles. The molecule has 0 spiro atoms. The second-order valence-electron chi connectivity index (χ2n) is 1.94. The van der Waals surface area contributed by atoms with Crippen LogP contribution in [0, 0.1) is 20.2 Å². The lowest BCUT2D eigenvalue weighted by atomic mass is 10.3. The highest BCUT2D eigenvalue weighted by atomic mass is 17.1. The van der Waals surface area contributed by atoms with E-state index < -0.39 is 22.3 Å². The molecule has 13 heavy (non-hydrogen) atoms. The summed E-state index contributed by atoms with van der Waals surface area (Å²) >= 11 is 0. The Hall–Kier alpha value is -1.68. The largest absolute Gasteiger partial charge is 0.389 e. The van der Waals surface area contributed by atoms with E-state index in [2.05, 4.69) is 9.68 Å². The Morgan fingerprint density at radius 2 is 1.62 bits per heavy atom. The van der Waals surface area contributed by atoms with E-state index in [9.17, 15) is 20.2 Å². The summed E-state index contributed by atoms with van der Waals surface area (Å²) in [4.78, 5) is 26.2. The molecule has 0 fully saturated rings. The Labute approximate surface area is 70.5 Å². The fraction of sp³-hybridized carbons (Fsp3) is 1.00. The van der Waals surface area contributed by atoms with Crippen molar-refractivity contribution in [1.82, 2.24) is 0 Å². The molecule has 0 aromatic carbocycles. The summed E-state index contributed by atoms with van der Waals surface area (Å²) in [5.41, 5.74) is 0. The van der Waals surface area contributed by atoms with Crippen molar-refractivity contribution in [2.75, 3.05) is 0 Å². The average molecular weight is 198 g/mol. The predicted molar refractivity (Wildman–Crippen MR) is 32.8 cm³/mol. The Kier molecular flexibility index (Phi) is 3.33. The molecule has 0 aromatic rings. The van der Waals surface area contributed by atoms with Crippen LogP contribution in [0.1, 0.15) is 6.92 Å². The molecule has 10 nitrogen and oxygen atoms in total. The van der Waals surface area contributed by atoms with Crippen molar-refractivity contribution >= 4 is 0 Å². The molecule has 76 valence electrons. The van der Waals surface area contributed by atoms with Crippen molar-refractivity contribution in [2.45, 2.75) is 19.0 Å². The third kappa shape index (κ3) is 3.48. The minimum atomic E-state index is -3.30. The van der Waals surface area contributed by atoms with E-state index in [4.69, 9.17) is 10.2 Å². The second-order valence-corrected chi connectivity index (χ2v) is 1.94. The van der Waals surface area contributed by atoms with Crippen LogP contribution < -0.4 is 0 Å². The minimum absolute atomic E-state index is 0.813. The number of nitrogens with zero attached hydrogens (tertiary/aromatic N) is 2. The third-order valence-electron chi connectivity index (χ3n) is 0.939. The van der Waals surface area contributed by atoms with Gasteiger partial charge in [0, 0.05) is 0 Å². The van der Waals surface area contributed by atoms with Gasteiger partial charge in [-0.3, -0.25) is 0 Å². The van der Waals surface area contributed by atoms with Gasteiger partial charge in [0.25, 0.3) is 10.2 Å². The van der Waals surface area contributed by atoms with Crippen LogP contribution in [0.5, 0.6) is 0 Å². The first-order valence-electron chi connectivity index (χ1n) is 2.85. The molecule has 2 N–H and O–H groups in total. The molecule has 0 saturated heterocycles. The van der Waals surface area contributed by atoms with E-state index in [1.807, 2.05) is 0 Å². The van der Waals surface area contributed by atoms with Crippen LogP contribution in [-0.2, 0) is 9.68 Å². The van der Waals surface area contributed by atoms with Crippen LogP contribution in [-0.4, -0.2) is 32.5 Å². The lowest BCUT2D eigenvalue weighted by Crippen LogP contribution is -2.48. The third-order valence-corrected chi connectivity index (χ3v) is 0.939. The second kappa shape index (κ2) is 3.82. The fourth-order valence-corrected chi connectivity index (χ4v) is 0.383. The fourth-order valence-electron chi connectivity index (χ4n) is 0.383. The Bertz CT molecular complexity index is 197. The van der Waals surface area contributed by atoms with Gasteiger partial charge in [-0.2, -0.15) is 0 Å². The van der Waals surface area contributed by atoms with E-state index in [1.54, 1.807) is 0 Å². The normalized spacial score (nSPS) is 13.2. The summed E-state index contributed by atoms with van der Waals surface area (Å²) in [5.74, 6) is -3.30. The van der Waals surface area contributed by atoms with Crippen molar-refractivity contribution < 1.29 is 30.1 Å². The van der Waals surface area contributed by atoms with Crippen LogP contribution in [0.4, 0.5) is 0 Å². The lowest BCUT2D eigenvalue weighted by Gasteiger charge is -2.24. The Balaban J connectivity index is 4.52. The van der Waals surface area contributed by atoms with E-state index in [0.29, 0.717) is 0 Å². The molecule has 10 heteroatoms. The molecule has 0 bridgehead atoms. The maximum atomic E-state index is 9.71. The summed E-state index contributed by atoms with van der Waals surface area (Å²) in [7, 11) is 0. The van der Waals surface area contributed by atoms with Crippen molar-refractivity contribution in [3.05, 3.63) is 20.2 Å². The standard InChI is InChI=1S/C3H6N2O8/c1-2(6)3(7,12-4(8)9)13-5(10)11/h2,6-7H,1H3. The van der Waals surface area contributed by atoms with Crippen LogP contribution in [0.3, 0.4) is 0 Å². The van der Waals surface area contributed by atoms with E-state index in [0.717, 1.165) is 6.92 Å². The molecule has 0 radical (unpaired) electrons. The van der Waals surface area contributed by atoms with Gasteiger partial charge in [0.05, 0.1) is 0 Å². The number of rotatable bonds is 5. The van der Waals surface area contributed by atoms with Crippen molar-refractivity contribution in [3.8, 4) is 0 Å². The number of aliphatic hydroxyl groups excluding tert-OH is 1. The Morgan fingerprint density at radius 3 is 1.77 bits per heavy atom. The highest BCUT2D eigenvalue weighted by Gasteiger charge is 2.42. The Morgan fingerprint density at radius 1 is 1.31 bits per heavy atom. The number of hydrogen-bond donors (Lipinski definition) is 2. The first-order valence-corrected chi connectivity index (χ1v) is 2.85. The molecule has 0 amide bonds. The smallest absolute Gasteiger partial charge is 0.386 e. The van der Waals surface area contributed by atoms with Crippen LogP contribution >= 0.6 is 0 Å². The molecule has 0 aliphatic rings. The molecule has 1 unspecified atom stereocenters. The highest BCUT2D eigenvalue weighted by molar-refractivity contribution is 4.57. The number of aliphatic hydroxyl groups is 2. The van der Waals surface area contributed by atoms with Gasteiger partial charge in [-0.1, -0.05) is 0 Å². The van der Waals surface area contributed by atoms with Crippen LogP contribution in [0.15, 0.2) is 0 Å². The molecular formula is C3H6N2O8.